The van der Waals surface area contributed by atoms with E-state index >= 15 is 0 Å². The highest BCUT2D eigenvalue weighted by Gasteiger charge is 2.16. The van der Waals surface area contributed by atoms with Gasteiger partial charge in [0.15, 0.2) is 0 Å². The van der Waals surface area contributed by atoms with Crippen LogP contribution in [0, 0.1) is 0 Å². The van der Waals surface area contributed by atoms with Crippen molar-refractivity contribution < 1.29 is 0 Å². The predicted molar refractivity (Wildman–Crippen MR) is 233 cm³/mol. The van der Waals surface area contributed by atoms with Gasteiger partial charge in [-0.1, -0.05) is 195 Å². The molecule has 54 heavy (non-hydrogen) atoms. The lowest BCUT2D eigenvalue weighted by Gasteiger charge is -2.17. The van der Waals surface area contributed by atoms with E-state index in [4.69, 9.17) is 0 Å². The minimum Gasteiger partial charge on any atom is -0.0984 e. The Hall–Kier alpha value is -7.02. The Kier molecular flexibility index (Phi) is 8.63. The molecule has 0 nitrogen and oxygen atoms in total. The average molecular weight is 687 g/mol. The molecule has 0 atom stereocenters. The van der Waals surface area contributed by atoms with E-state index in [0.717, 1.165) is 27.1 Å². The molecule has 9 aromatic carbocycles. The highest BCUT2D eigenvalue weighted by Crippen LogP contribution is 2.42. The predicted octanol–water partition coefficient (Wildman–Crippen LogP) is 13.1. The van der Waals surface area contributed by atoms with E-state index < -0.39 is 0 Å². The second-order valence-electron chi connectivity index (χ2n) is 13.8. The first-order chi connectivity index (χ1) is 26.6. The molecule has 0 saturated heterocycles. The van der Waals surface area contributed by atoms with Gasteiger partial charge in [-0.15, -0.1) is 0 Å². The normalized spacial score (nSPS) is 11.8. The Labute approximate surface area is 317 Å². The second-order valence-corrected chi connectivity index (χ2v) is 13.8. The van der Waals surface area contributed by atoms with E-state index in [9.17, 15) is 0 Å². The van der Waals surface area contributed by atoms with Crippen LogP contribution in [0.5, 0.6) is 0 Å². The summed E-state index contributed by atoms with van der Waals surface area (Å²) in [5, 5.41) is 7.07. The molecule has 0 heteroatoms. The van der Waals surface area contributed by atoms with Crippen molar-refractivity contribution in [1.29, 1.82) is 0 Å². The highest BCUT2D eigenvalue weighted by atomic mass is 14.2. The number of fused-ring (bicyclic) bond motifs is 2. The minimum atomic E-state index is 0.993. The van der Waals surface area contributed by atoms with Crippen molar-refractivity contribution in [3.8, 4) is 55.6 Å². The first-order valence-corrected chi connectivity index (χ1v) is 18.5. The maximum absolute atomic E-state index is 4.26. The molecule has 0 radical (unpaired) electrons. The van der Waals surface area contributed by atoms with Crippen LogP contribution in [0.4, 0.5) is 0 Å². The summed E-state index contributed by atoms with van der Waals surface area (Å²) in [7, 11) is 0. The van der Waals surface area contributed by atoms with E-state index in [2.05, 4.69) is 201 Å². The van der Waals surface area contributed by atoms with Gasteiger partial charge >= 0.3 is 0 Å². The molecular formula is C54H38. The Balaban J connectivity index is 1.22. The van der Waals surface area contributed by atoms with Crippen LogP contribution >= 0.6 is 0 Å². The number of hydrogen-bond acceptors (Lipinski definition) is 0. The van der Waals surface area contributed by atoms with Gasteiger partial charge in [-0.3, -0.25) is 0 Å². The maximum atomic E-state index is 4.26. The molecule has 254 valence electrons. The van der Waals surface area contributed by atoms with Crippen molar-refractivity contribution >= 4 is 33.7 Å². The third-order valence-corrected chi connectivity index (χ3v) is 10.6. The summed E-state index contributed by atoms with van der Waals surface area (Å²) in [6.07, 6.45) is 1.93. The molecule has 0 amide bonds. The standard InChI is InChI=1S/C54H38/c1-3-47(48-22-12-10-15-37(48)2)43-29-25-38(26-30-43)45-33-51(41-16-6-4-7-17-41)54-36-46(34-52(53(54)35-45)42-18-8-5-9-19-42)39-27-31-44(32-28-39)50-24-14-21-40-20-11-13-23-49(40)50/h3-36H,1-2H2/b48-47+. The molecular weight excluding hydrogens is 649 g/mol. The molecule has 0 bridgehead atoms. The van der Waals surface area contributed by atoms with Crippen LogP contribution in [0.3, 0.4) is 0 Å². The quantitative estimate of drug-likeness (QED) is 0.157. The summed E-state index contributed by atoms with van der Waals surface area (Å²) in [4.78, 5) is 0. The van der Waals surface area contributed by atoms with Gasteiger partial charge in [0.05, 0.1) is 0 Å². The fourth-order valence-corrected chi connectivity index (χ4v) is 7.84. The topological polar surface area (TPSA) is 0 Å². The summed E-state index contributed by atoms with van der Waals surface area (Å²) >= 11 is 0. The lowest BCUT2D eigenvalue weighted by Crippen LogP contribution is -2.24. The van der Waals surface area contributed by atoms with Crippen molar-refractivity contribution in [2.24, 2.45) is 0 Å². The number of allylic oxidation sites excluding steroid dienone is 1. The summed E-state index contributed by atoms with van der Waals surface area (Å²) in [6, 6.07) is 72.4. The van der Waals surface area contributed by atoms with Crippen LogP contribution in [0.15, 0.2) is 213 Å². The van der Waals surface area contributed by atoms with Gasteiger partial charge in [0.2, 0.25) is 0 Å². The van der Waals surface area contributed by atoms with Crippen LogP contribution in [-0.2, 0) is 0 Å². The smallest absolute Gasteiger partial charge is 0.00926 e. The van der Waals surface area contributed by atoms with Crippen molar-refractivity contribution in [3.05, 3.63) is 229 Å². The zero-order valence-electron chi connectivity index (χ0n) is 30.0. The molecule has 0 aliphatic carbocycles. The molecule has 0 spiro atoms. The van der Waals surface area contributed by atoms with E-state index in [1.165, 1.54) is 71.6 Å². The van der Waals surface area contributed by atoms with Crippen LogP contribution in [-0.4, -0.2) is 0 Å². The fourth-order valence-electron chi connectivity index (χ4n) is 7.84. The largest absolute Gasteiger partial charge is 0.0984 e. The second kappa shape index (κ2) is 14.2. The molecule has 0 unspecified atom stereocenters. The van der Waals surface area contributed by atoms with Crippen molar-refractivity contribution in [3.63, 3.8) is 0 Å². The van der Waals surface area contributed by atoms with Gasteiger partial charge in [-0.2, -0.15) is 0 Å². The zero-order chi connectivity index (χ0) is 36.4. The Morgan fingerprint density at radius 3 is 1.43 bits per heavy atom. The van der Waals surface area contributed by atoms with Gasteiger partial charge in [-0.25, -0.2) is 0 Å². The van der Waals surface area contributed by atoms with Gasteiger partial charge in [-0.05, 0) is 123 Å². The fraction of sp³-hybridized carbons (Fsp3) is 0. The van der Waals surface area contributed by atoms with E-state index in [-0.39, 0.29) is 0 Å². The number of rotatable bonds is 7. The average Bonchev–Trinajstić information content (AvgIpc) is 3.24. The summed E-state index contributed by atoms with van der Waals surface area (Å²) in [6.45, 7) is 8.41. The summed E-state index contributed by atoms with van der Waals surface area (Å²) in [5.74, 6) is 0. The summed E-state index contributed by atoms with van der Waals surface area (Å²) in [5.41, 5.74) is 14.2. The molecule has 0 aromatic heterocycles. The molecule has 0 aliphatic rings. The third kappa shape index (κ3) is 6.15. The zero-order valence-corrected chi connectivity index (χ0v) is 30.0. The molecule has 9 rings (SSSR count). The molecule has 9 aromatic rings. The molecule has 0 aliphatic heterocycles. The first-order valence-electron chi connectivity index (χ1n) is 18.5. The number of benzene rings is 9. The summed E-state index contributed by atoms with van der Waals surface area (Å²) < 4.78 is 0. The van der Waals surface area contributed by atoms with Gasteiger partial charge in [0.1, 0.15) is 0 Å². The minimum absolute atomic E-state index is 0.993. The lowest BCUT2D eigenvalue weighted by molar-refractivity contribution is 1.48. The first kappa shape index (κ1) is 32.9. The SMILES string of the molecule is C=C/C(c1ccc(-c2cc(-c3ccccc3)c3cc(-c4ccc(-c5cccc6ccccc56)cc4)cc(-c4ccccc4)c3c2)cc1)=c1/ccccc1=C. The molecule has 0 heterocycles. The Bertz CT molecular complexity index is 2910. The molecule has 0 N–H and O–H groups in total. The Morgan fingerprint density at radius 1 is 0.352 bits per heavy atom. The lowest BCUT2D eigenvalue weighted by atomic mass is 9.86. The van der Waals surface area contributed by atoms with Crippen LogP contribution in [0.25, 0.3) is 89.3 Å². The van der Waals surface area contributed by atoms with Crippen molar-refractivity contribution in [2.45, 2.75) is 0 Å². The van der Waals surface area contributed by atoms with Crippen LogP contribution in [0.2, 0.25) is 0 Å². The van der Waals surface area contributed by atoms with Crippen LogP contribution in [0.1, 0.15) is 5.56 Å². The monoisotopic (exact) mass is 686 g/mol. The number of hydrogen-bond donors (Lipinski definition) is 0. The van der Waals surface area contributed by atoms with Crippen molar-refractivity contribution in [2.75, 3.05) is 0 Å². The third-order valence-electron chi connectivity index (χ3n) is 10.6. The van der Waals surface area contributed by atoms with Gasteiger partial charge < -0.3 is 0 Å². The van der Waals surface area contributed by atoms with Gasteiger partial charge in [0.25, 0.3) is 0 Å². The molecule has 0 fully saturated rings. The molecule has 0 saturated carbocycles. The van der Waals surface area contributed by atoms with Crippen LogP contribution < -0.4 is 10.4 Å². The highest BCUT2D eigenvalue weighted by molar-refractivity contribution is 6.09. The van der Waals surface area contributed by atoms with E-state index in [1.807, 2.05) is 18.2 Å². The van der Waals surface area contributed by atoms with E-state index in [1.54, 1.807) is 0 Å². The van der Waals surface area contributed by atoms with Crippen molar-refractivity contribution in [1.82, 2.24) is 0 Å². The van der Waals surface area contributed by atoms with Gasteiger partial charge in [0, 0.05) is 0 Å². The maximum Gasteiger partial charge on any atom is -0.00926 e. The Morgan fingerprint density at radius 2 is 0.833 bits per heavy atom. The van der Waals surface area contributed by atoms with E-state index in [0.29, 0.717) is 0 Å².